The molecule has 0 unspecified atom stereocenters. The first-order valence-electron chi connectivity index (χ1n) is 6.56. The second-order valence-electron chi connectivity index (χ2n) is 4.41. The van der Waals surface area contributed by atoms with Crippen LogP contribution in [0.3, 0.4) is 0 Å². The quantitative estimate of drug-likeness (QED) is 0.682. The predicted molar refractivity (Wildman–Crippen MR) is 80.9 cm³/mol. The third-order valence-electron chi connectivity index (χ3n) is 2.90. The zero-order chi connectivity index (χ0) is 15.4. The van der Waals surface area contributed by atoms with Gasteiger partial charge in [-0.1, -0.05) is 23.7 Å². The second kappa shape index (κ2) is 6.35. The van der Waals surface area contributed by atoms with Crippen LogP contribution in [0, 0.1) is 0 Å². The number of halogens is 1. The molecule has 3 rings (SSSR count). The number of nitrogens with zero attached hydrogens (tertiary/aromatic N) is 5. The molecule has 3 aromatic rings. The zero-order valence-electron chi connectivity index (χ0n) is 11.4. The van der Waals surface area contributed by atoms with E-state index in [-0.39, 0.29) is 5.91 Å². The molecule has 2 heterocycles. The second-order valence-corrected chi connectivity index (χ2v) is 4.81. The number of tetrazole rings is 1. The molecule has 2 N–H and O–H groups in total. The molecule has 112 valence electrons. The van der Waals surface area contributed by atoms with Gasteiger partial charge in [-0.3, -0.25) is 4.79 Å². The fourth-order valence-electron chi connectivity index (χ4n) is 1.85. The number of amides is 1. The minimum atomic E-state index is -0.212. The van der Waals surface area contributed by atoms with E-state index in [1.54, 1.807) is 36.4 Å². The molecule has 0 saturated carbocycles. The summed E-state index contributed by atoms with van der Waals surface area (Å²) in [6.07, 6.45) is 0. The zero-order valence-corrected chi connectivity index (χ0v) is 12.2. The first-order valence-corrected chi connectivity index (χ1v) is 6.94. The molecule has 22 heavy (non-hydrogen) atoms. The highest BCUT2D eigenvalue weighted by atomic mass is 35.5. The largest absolute Gasteiger partial charge is 0.367 e. The van der Waals surface area contributed by atoms with Crippen molar-refractivity contribution in [1.29, 1.82) is 0 Å². The van der Waals surface area contributed by atoms with E-state index in [9.17, 15) is 4.79 Å². The first-order chi connectivity index (χ1) is 10.7. The molecule has 0 spiro atoms. The molecule has 0 fully saturated rings. The molecule has 1 aromatic carbocycles. The molecule has 0 aliphatic rings. The Kier molecular flexibility index (Phi) is 4.10. The van der Waals surface area contributed by atoms with E-state index in [4.69, 9.17) is 11.6 Å². The summed E-state index contributed by atoms with van der Waals surface area (Å²) in [5.74, 6) is 0.406. The summed E-state index contributed by atoms with van der Waals surface area (Å²) in [5, 5.41) is 21.4. The molecule has 1 amide bonds. The van der Waals surface area contributed by atoms with Gasteiger partial charge in [0.15, 0.2) is 5.65 Å². The monoisotopic (exact) mass is 317 g/mol. The standard InChI is InChI=1S/C13H12ClN7O/c14-10-4-2-1-3-9(10)13(22)16-8-7-15-11-5-6-12-17-19-20-21(12)18-11/h1-6H,7-8H2,(H,15,18)(H,16,22). The topological polar surface area (TPSA) is 97.1 Å². The van der Waals surface area contributed by atoms with Crippen molar-refractivity contribution in [2.45, 2.75) is 0 Å². The molecular formula is C13H12ClN7O. The van der Waals surface area contributed by atoms with Crippen LogP contribution in [-0.4, -0.2) is 44.3 Å². The Balaban J connectivity index is 1.51. The molecule has 8 nitrogen and oxygen atoms in total. The van der Waals surface area contributed by atoms with Crippen LogP contribution >= 0.6 is 11.6 Å². The van der Waals surface area contributed by atoms with Gasteiger partial charge in [-0.15, -0.1) is 14.8 Å². The van der Waals surface area contributed by atoms with E-state index in [2.05, 4.69) is 31.3 Å². The van der Waals surface area contributed by atoms with Gasteiger partial charge in [0.25, 0.3) is 5.91 Å². The molecule has 0 radical (unpaired) electrons. The molecule has 0 atom stereocenters. The molecule has 9 heteroatoms. The van der Waals surface area contributed by atoms with Crippen molar-refractivity contribution in [1.82, 2.24) is 30.6 Å². The van der Waals surface area contributed by atoms with Gasteiger partial charge in [-0.25, -0.2) is 0 Å². The summed E-state index contributed by atoms with van der Waals surface area (Å²) in [5.41, 5.74) is 1.02. The van der Waals surface area contributed by atoms with E-state index in [1.807, 2.05) is 0 Å². The highest BCUT2D eigenvalue weighted by Gasteiger charge is 2.08. The maximum absolute atomic E-state index is 11.9. The van der Waals surface area contributed by atoms with Gasteiger partial charge >= 0.3 is 0 Å². The summed E-state index contributed by atoms with van der Waals surface area (Å²) in [7, 11) is 0. The van der Waals surface area contributed by atoms with Crippen molar-refractivity contribution < 1.29 is 4.79 Å². The van der Waals surface area contributed by atoms with Crippen LogP contribution in [0.5, 0.6) is 0 Å². The molecule has 2 aromatic heterocycles. The smallest absolute Gasteiger partial charge is 0.252 e. The van der Waals surface area contributed by atoms with Crippen molar-refractivity contribution in [3.63, 3.8) is 0 Å². The SMILES string of the molecule is O=C(NCCNc1ccc2nnnn2n1)c1ccccc1Cl. The Labute approximate surface area is 130 Å². The fraction of sp³-hybridized carbons (Fsp3) is 0.154. The molecule has 0 bridgehead atoms. The van der Waals surface area contributed by atoms with Crippen LogP contribution in [0.2, 0.25) is 5.02 Å². The summed E-state index contributed by atoms with van der Waals surface area (Å²) < 4.78 is 1.32. The number of anilines is 1. The maximum Gasteiger partial charge on any atom is 0.252 e. The van der Waals surface area contributed by atoms with Gasteiger partial charge in [-0.2, -0.15) is 0 Å². The minimum Gasteiger partial charge on any atom is -0.367 e. The van der Waals surface area contributed by atoms with Crippen molar-refractivity contribution in [2.75, 3.05) is 18.4 Å². The lowest BCUT2D eigenvalue weighted by Crippen LogP contribution is -2.29. The molecule has 0 aliphatic carbocycles. The normalized spacial score (nSPS) is 10.6. The van der Waals surface area contributed by atoms with E-state index in [0.29, 0.717) is 35.1 Å². The third kappa shape index (κ3) is 3.12. The van der Waals surface area contributed by atoms with Crippen molar-refractivity contribution in [3.8, 4) is 0 Å². The fourth-order valence-corrected chi connectivity index (χ4v) is 2.07. The van der Waals surface area contributed by atoms with Crippen LogP contribution in [0.4, 0.5) is 5.82 Å². The van der Waals surface area contributed by atoms with Gasteiger partial charge in [0, 0.05) is 13.1 Å². The van der Waals surface area contributed by atoms with Gasteiger partial charge in [0.1, 0.15) is 5.82 Å². The highest BCUT2D eigenvalue weighted by Crippen LogP contribution is 2.14. The van der Waals surface area contributed by atoms with E-state index < -0.39 is 0 Å². The van der Waals surface area contributed by atoms with E-state index in [1.165, 1.54) is 4.63 Å². The number of carbonyl (C=O) groups excluding carboxylic acids is 1. The first kappa shape index (κ1) is 14.2. The lowest BCUT2D eigenvalue weighted by molar-refractivity contribution is 0.0955. The molecule has 0 aliphatic heterocycles. The average molecular weight is 318 g/mol. The Hall–Kier alpha value is -2.74. The van der Waals surface area contributed by atoms with Crippen molar-refractivity contribution in [3.05, 3.63) is 47.0 Å². The number of rotatable bonds is 5. The summed E-state index contributed by atoms with van der Waals surface area (Å²) >= 11 is 5.96. The average Bonchev–Trinajstić information content (AvgIpc) is 2.99. The van der Waals surface area contributed by atoms with Gasteiger partial charge in [0.2, 0.25) is 0 Å². The van der Waals surface area contributed by atoms with Gasteiger partial charge in [-0.05, 0) is 34.7 Å². The number of hydrogen-bond donors (Lipinski definition) is 2. The number of benzene rings is 1. The summed E-state index contributed by atoms with van der Waals surface area (Å²) in [6.45, 7) is 0.941. The van der Waals surface area contributed by atoms with Crippen LogP contribution < -0.4 is 10.6 Å². The number of aromatic nitrogens is 5. The number of carbonyl (C=O) groups is 1. The minimum absolute atomic E-state index is 0.212. The van der Waals surface area contributed by atoms with Gasteiger partial charge in [0.05, 0.1) is 10.6 Å². The Morgan fingerprint density at radius 3 is 2.91 bits per heavy atom. The third-order valence-corrected chi connectivity index (χ3v) is 3.23. The number of fused-ring (bicyclic) bond motifs is 1. The van der Waals surface area contributed by atoms with Crippen LogP contribution in [0.1, 0.15) is 10.4 Å². The van der Waals surface area contributed by atoms with E-state index in [0.717, 1.165) is 0 Å². The van der Waals surface area contributed by atoms with Crippen molar-refractivity contribution in [2.24, 2.45) is 0 Å². The van der Waals surface area contributed by atoms with Crippen LogP contribution in [0.25, 0.3) is 5.65 Å². The van der Waals surface area contributed by atoms with Crippen LogP contribution in [-0.2, 0) is 0 Å². The Bertz CT molecular complexity index is 804. The molecular weight excluding hydrogens is 306 g/mol. The van der Waals surface area contributed by atoms with Crippen molar-refractivity contribution >= 4 is 29.0 Å². The predicted octanol–water partition coefficient (Wildman–Crippen LogP) is 1.01. The summed E-state index contributed by atoms with van der Waals surface area (Å²) in [6, 6.07) is 10.4. The highest BCUT2D eigenvalue weighted by molar-refractivity contribution is 6.33. The van der Waals surface area contributed by atoms with E-state index >= 15 is 0 Å². The summed E-state index contributed by atoms with van der Waals surface area (Å²) in [4.78, 5) is 11.9. The number of hydrogen-bond acceptors (Lipinski definition) is 6. The maximum atomic E-state index is 11.9. The Morgan fingerprint density at radius 2 is 2.05 bits per heavy atom. The van der Waals surface area contributed by atoms with Gasteiger partial charge < -0.3 is 10.6 Å². The molecule has 0 saturated heterocycles. The van der Waals surface area contributed by atoms with Crippen LogP contribution in [0.15, 0.2) is 36.4 Å². The number of nitrogens with one attached hydrogen (secondary N) is 2. The Morgan fingerprint density at radius 1 is 1.18 bits per heavy atom. The lowest BCUT2D eigenvalue weighted by Gasteiger charge is -2.08. The lowest BCUT2D eigenvalue weighted by atomic mass is 10.2.